The summed E-state index contributed by atoms with van der Waals surface area (Å²) in [5, 5.41) is 0. The maximum atomic E-state index is 6.85. The van der Waals surface area contributed by atoms with Crippen molar-refractivity contribution < 1.29 is 23.7 Å². The van der Waals surface area contributed by atoms with E-state index in [0.717, 1.165) is 24.9 Å². The van der Waals surface area contributed by atoms with Crippen LogP contribution in [0.15, 0.2) is 60.7 Å². The second-order valence-corrected chi connectivity index (χ2v) is 11.8. The molecule has 0 amide bonds. The summed E-state index contributed by atoms with van der Waals surface area (Å²) in [5.41, 5.74) is 2.29. The number of unbranched alkanes of at least 4 members (excludes halogenated alkanes) is 9. The summed E-state index contributed by atoms with van der Waals surface area (Å²) >= 11 is 0. The van der Waals surface area contributed by atoms with Crippen LogP contribution in [0.4, 0.5) is 0 Å². The lowest BCUT2D eigenvalue weighted by Gasteiger charge is -2.47. The highest BCUT2D eigenvalue weighted by molar-refractivity contribution is 5.18. The van der Waals surface area contributed by atoms with Crippen molar-refractivity contribution in [1.29, 1.82) is 0 Å². The van der Waals surface area contributed by atoms with Crippen molar-refractivity contribution in [3.05, 3.63) is 71.8 Å². The first-order valence-corrected chi connectivity index (χ1v) is 16.3. The molecule has 6 heteroatoms. The summed E-state index contributed by atoms with van der Waals surface area (Å²) in [6.07, 6.45) is 12.5. The molecule has 1 unspecified atom stereocenters. The first-order valence-electron chi connectivity index (χ1n) is 16.3. The average molecular weight is 566 g/mol. The monoisotopic (exact) mass is 565 g/mol. The zero-order valence-electron chi connectivity index (χ0n) is 25.2. The number of fused-ring (bicyclic) bond motifs is 3. The third kappa shape index (κ3) is 8.19. The summed E-state index contributed by atoms with van der Waals surface area (Å²) < 4.78 is 32.7. The number of hydrogen-bond donors (Lipinski definition) is 0. The maximum Gasteiger partial charge on any atom is 0.184 e. The van der Waals surface area contributed by atoms with Gasteiger partial charge in [-0.25, -0.2) is 0 Å². The lowest BCUT2D eigenvalue weighted by molar-refractivity contribution is -0.342. The van der Waals surface area contributed by atoms with Crippen LogP contribution >= 0.6 is 0 Å². The van der Waals surface area contributed by atoms with Gasteiger partial charge in [0.05, 0.1) is 12.6 Å². The molecule has 2 aromatic rings. The van der Waals surface area contributed by atoms with E-state index < -0.39 is 6.29 Å². The van der Waals surface area contributed by atoms with Crippen molar-refractivity contribution in [2.75, 3.05) is 19.8 Å². The normalized spacial score (nSPS) is 29.8. The number of rotatable bonds is 16. The van der Waals surface area contributed by atoms with Gasteiger partial charge in [0.1, 0.15) is 24.5 Å². The Morgan fingerprint density at radius 3 is 2.07 bits per heavy atom. The summed E-state index contributed by atoms with van der Waals surface area (Å²) in [7, 11) is 0. The topological polar surface area (TPSA) is 49.4 Å². The summed E-state index contributed by atoms with van der Waals surface area (Å²) in [6, 6.07) is 20.7. The number of likely N-dealkylation sites (N-methyl/N-ethyl adjacent to an activating group) is 1. The molecule has 3 aliphatic heterocycles. The van der Waals surface area contributed by atoms with Crippen LogP contribution in [0.5, 0.6) is 0 Å². The first kappa shape index (κ1) is 30.7. The molecule has 0 aromatic heterocycles. The summed E-state index contributed by atoms with van der Waals surface area (Å²) in [6.45, 7) is 6.50. The minimum atomic E-state index is -0.419. The lowest BCUT2D eigenvalue weighted by Crippen LogP contribution is -2.63. The van der Waals surface area contributed by atoms with E-state index in [9.17, 15) is 0 Å². The van der Waals surface area contributed by atoms with Crippen LogP contribution in [0, 0.1) is 0 Å². The largest absolute Gasteiger partial charge is 0.355 e. The second kappa shape index (κ2) is 16.2. The SMILES string of the molecule is CCCCCCCCCCCCO[C@@H]1O[C@@H]2COC(c3ccccc3)O[C@H]2[C@H]2O[C@@H](Cc3ccccc3)N(CC)[C@@H]12. The smallest absolute Gasteiger partial charge is 0.184 e. The molecule has 0 spiro atoms. The van der Waals surface area contributed by atoms with Crippen molar-refractivity contribution in [3.63, 3.8) is 0 Å². The van der Waals surface area contributed by atoms with Gasteiger partial charge in [-0.15, -0.1) is 0 Å². The Morgan fingerprint density at radius 1 is 0.732 bits per heavy atom. The third-order valence-electron chi connectivity index (χ3n) is 8.84. The van der Waals surface area contributed by atoms with Gasteiger partial charge in [-0.2, -0.15) is 0 Å². The van der Waals surface area contributed by atoms with Crippen LogP contribution in [0.25, 0.3) is 0 Å². The molecule has 0 aliphatic carbocycles. The zero-order valence-corrected chi connectivity index (χ0v) is 25.2. The van der Waals surface area contributed by atoms with Gasteiger partial charge in [0.25, 0.3) is 0 Å². The summed E-state index contributed by atoms with van der Waals surface area (Å²) in [4.78, 5) is 2.42. The lowest BCUT2D eigenvalue weighted by atomic mass is 9.95. The molecule has 7 atom stereocenters. The van der Waals surface area contributed by atoms with Crippen molar-refractivity contribution in [2.45, 2.75) is 128 Å². The van der Waals surface area contributed by atoms with Crippen molar-refractivity contribution in [2.24, 2.45) is 0 Å². The standard InChI is InChI=1S/C35H51NO5/c1-3-5-6-7-8-9-10-11-12-19-24-37-35-31-33(40-30(36(31)4-2)25-27-20-15-13-16-21-27)32-29(39-35)26-38-34(41-32)28-22-17-14-18-23-28/h13-18,20-23,29-35H,3-12,19,24-26H2,1-2H3/t29-,30+,31-,32-,33+,34?,35-/m1/s1. The van der Waals surface area contributed by atoms with Gasteiger partial charge in [-0.3, -0.25) is 4.90 Å². The number of ether oxygens (including phenoxy) is 5. The highest BCUT2D eigenvalue weighted by Gasteiger charge is 2.58. The van der Waals surface area contributed by atoms with E-state index in [1.807, 2.05) is 18.2 Å². The van der Waals surface area contributed by atoms with Crippen molar-refractivity contribution in [3.8, 4) is 0 Å². The molecule has 0 radical (unpaired) electrons. The fourth-order valence-electron chi connectivity index (χ4n) is 6.62. The van der Waals surface area contributed by atoms with Crippen molar-refractivity contribution >= 4 is 0 Å². The fraction of sp³-hybridized carbons (Fsp3) is 0.657. The predicted octanol–water partition coefficient (Wildman–Crippen LogP) is 7.42. The highest BCUT2D eigenvalue weighted by atomic mass is 16.8. The molecule has 41 heavy (non-hydrogen) atoms. The minimum Gasteiger partial charge on any atom is -0.355 e. The van der Waals surface area contributed by atoms with Gasteiger partial charge in [-0.1, -0.05) is 132 Å². The van der Waals surface area contributed by atoms with Crippen molar-refractivity contribution in [1.82, 2.24) is 4.90 Å². The Kier molecular flexibility index (Phi) is 12.1. The van der Waals surface area contributed by atoms with Crippen LogP contribution in [0.1, 0.15) is 95.5 Å². The molecule has 3 aliphatic rings. The second-order valence-electron chi connectivity index (χ2n) is 11.8. The van der Waals surface area contributed by atoms with E-state index in [0.29, 0.717) is 13.2 Å². The van der Waals surface area contributed by atoms with Gasteiger partial charge < -0.3 is 23.7 Å². The van der Waals surface area contributed by atoms with E-state index in [-0.39, 0.29) is 36.9 Å². The van der Waals surface area contributed by atoms with Crippen LogP contribution in [0.2, 0.25) is 0 Å². The van der Waals surface area contributed by atoms with Gasteiger partial charge >= 0.3 is 0 Å². The third-order valence-corrected chi connectivity index (χ3v) is 8.84. The molecule has 0 bridgehead atoms. The maximum absolute atomic E-state index is 6.85. The van der Waals surface area contributed by atoms with Gasteiger partial charge in [0.2, 0.25) is 0 Å². The molecule has 5 rings (SSSR count). The molecular formula is C35H51NO5. The molecule has 6 nitrogen and oxygen atoms in total. The quantitative estimate of drug-likeness (QED) is 0.197. The van der Waals surface area contributed by atoms with E-state index in [1.54, 1.807) is 0 Å². The van der Waals surface area contributed by atoms with Gasteiger partial charge in [0.15, 0.2) is 12.6 Å². The van der Waals surface area contributed by atoms with Crippen LogP contribution < -0.4 is 0 Å². The molecular weight excluding hydrogens is 514 g/mol. The molecule has 3 fully saturated rings. The molecule has 3 heterocycles. The Bertz CT molecular complexity index is 991. The summed E-state index contributed by atoms with van der Waals surface area (Å²) in [5.74, 6) is 0. The molecule has 2 aromatic carbocycles. The van der Waals surface area contributed by atoms with E-state index in [2.05, 4.69) is 61.2 Å². The fourth-order valence-corrected chi connectivity index (χ4v) is 6.62. The Balaban J connectivity index is 1.19. The number of benzene rings is 2. The minimum absolute atomic E-state index is 0.0207. The molecule has 0 N–H and O–H groups in total. The number of hydrogen-bond acceptors (Lipinski definition) is 6. The van der Waals surface area contributed by atoms with E-state index >= 15 is 0 Å². The molecule has 3 saturated heterocycles. The van der Waals surface area contributed by atoms with Crippen LogP contribution in [0.3, 0.4) is 0 Å². The predicted molar refractivity (Wildman–Crippen MR) is 161 cm³/mol. The average Bonchev–Trinajstić information content (AvgIpc) is 3.39. The van der Waals surface area contributed by atoms with Crippen LogP contribution in [-0.4, -0.2) is 61.5 Å². The Labute approximate surface area is 247 Å². The molecule has 0 saturated carbocycles. The van der Waals surface area contributed by atoms with E-state index in [1.165, 1.54) is 63.4 Å². The van der Waals surface area contributed by atoms with Crippen LogP contribution in [-0.2, 0) is 30.1 Å². The number of nitrogens with zero attached hydrogens (tertiary/aromatic N) is 1. The highest BCUT2D eigenvalue weighted by Crippen LogP contribution is 2.42. The van der Waals surface area contributed by atoms with E-state index in [4.69, 9.17) is 23.7 Å². The zero-order chi connectivity index (χ0) is 28.3. The van der Waals surface area contributed by atoms with Gasteiger partial charge in [-0.05, 0) is 18.5 Å². The van der Waals surface area contributed by atoms with Gasteiger partial charge in [0, 0.05) is 18.6 Å². The Hall–Kier alpha value is -1.80. The molecule has 226 valence electrons. The first-order chi connectivity index (χ1) is 20.3. The Morgan fingerprint density at radius 2 is 1.39 bits per heavy atom.